The smallest absolute Gasteiger partial charge is 0.306 e. The minimum Gasteiger partial charge on any atom is -0.489 e. The fourth-order valence-electron chi connectivity index (χ4n) is 2.11. The maximum absolute atomic E-state index is 12.4. The fourth-order valence-corrected chi connectivity index (χ4v) is 2.11. The van der Waals surface area contributed by atoms with Crippen molar-refractivity contribution in [2.75, 3.05) is 13.2 Å². The quantitative estimate of drug-likeness (QED) is 0.864. The summed E-state index contributed by atoms with van der Waals surface area (Å²) in [5.74, 6) is -1.05. The third-order valence-electron chi connectivity index (χ3n) is 3.83. The zero-order valence-corrected chi connectivity index (χ0v) is 12.5. The highest BCUT2D eigenvalue weighted by atomic mass is 16.5. The summed E-state index contributed by atoms with van der Waals surface area (Å²) >= 11 is 0. The number of ether oxygens (including phenoxy) is 2. The van der Waals surface area contributed by atoms with Gasteiger partial charge in [-0.1, -0.05) is 20.8 Å². The van der Waals surface area contributed by atoms with E-state index < -0.39 is 17.8 Å². The first-order valence-electron chi connectivity index (χ1n) is 7.06. The van der Waals surface area contributed by atoms with Gasteiger partial charge >= 0.3 is 5.97 Å². The van der Waals surface area contributed by atoms with Gasteiger partial charge in [-0.2, -0.15) is 0 Å². The number of fused-ring (bicyclic) bond motifs is 1. The molecule has 3 atom stereocenters. The number of hydrogen-bond acceptors (Lipinski definition) is 4. The van der Waals surface area contributed by atoms with Gasteiger partial charge in [0, 0.05) is 17.4 Å². The Balaban J connectivity index is 2.22. The number of carboxylic acids is 1. The number of carbonyl (C=O) groups is 2. The summed E-state index contributed by atoms with van der Waals surface area (Å²) in [6.07, 6.45) is 0. The van der Waals surface area contributed by atoms with E-state index in [1.165, 1.54) is 6.92 Å². The summed E-state index contributed by atoms with van der Waals surface area (Å²) in [6, 6.07) is 5.01. The molecule has 1 aromatic rings. The number of carbonyl (C=O) groups excluding carboxylic acids is 1. The third kappa shape index (κ3) is 3.35. The topological polar surface area (TPSA) is 72.8 Å². The Bertz CT molecular complexity index is 552. The maximum atomic E-state index is 12.4. The molecule has 0 saturated heterocycles. The van der Waals surface area contributed by atoms with Crippen molar-refractivity contribution in [2.45, 2.75) is 20.8 Å². The summed E-state index contributed by atoms with van der Waals surface area (Å²) in [4.78, 5) is 23.4. The molecule has 1 aliphatic rings. The van der Waals surface area contributed by atoms with E-state index in [-0.39, 0.29) is 11.7 Å². The van der Waals surface area contributed by atoms with Crippen molar-refractivity contribution in [3.63, 3.8) is 0 Å². The SMILES string of the molecule is CC1COc2ccc(C(=O)C(C)C(C)C(=O)O)cc2OC1. The Hall–Kier alpha value is -2.04. The van der Waals surface area contributed by atoms with Gasteiger partial charge in [0.2, 0.25) is 0 Å². The lowest BCUT2D eigenvalue weighted by Crippen LogP contribution is -2.25. The summed E-state index contributed by atoms with van der Waals surface area (Å²) in [5, 5.41) is 9.01. The van der Waals surface area contributed by atoms with Gasteiger partial charge in [0.15, 0.2) is 17.3 Å². The summed E-state index contributed by atoms with van der Waals surface area (Å²) in [7, 11) is 0. The fraction of sp³-hybridized carbons (Fsp3) is 0.500. The molecular formula is C16H20O5. The van der Waals surface area contributed by atoms with Gasteiger partial charge in [-0.15, -0.1) is 0 Å². The highest BCUT2D eigenvalue weighted by molar-refractivity contribution is 6.00. The minimum absolute atomic E-state index is 0.200. The van der Waals surface area contributed by atoms with E-state index in [2.05, 4.69) is 0 Å². The molecule has 1 heterocycles. The average Bonchev–Trinajstić information content (AvgIpc) is 2.66. The van der Waals surface area contributed by atoms with Crippen LogP contribution >= 0.6 is 0 Å². The molecule has 3 unspecified atom stereocenters. The van der Waals surface area contributed by atoms with Crippen LogP contribution in [0.15, 0.2) is 18.2 Å². The van der Waals surface area contributed by atoms with Crippen LogP contribution in [-0.2, 0) is 4.79 Å². The van der Waals surface area contributed by atoms with Gasteiger partial charge in [-0.25, -0.2) is 0 Å². The first kappa shape index (κ1) is 15.4. The van der Waals surface area contributed by atoms with Crippen LogP contribution in [0.4, 0.5) is 0 Å². The molecule has 0 amide bonds. The number of aliphatic carboxylic acids is 1. The van der Waals surface area contributed by atoms with E-state index in [9.17, 15) is 9.59 Å². The van der Waals surface area contributed by atoms with E-state index in [0.29, 0.717) is 30.3 Å². The van der Waals surface area contributed by atoms with Crippen LogP contribution in [-0.4, -0.2) is 30.1 Å². The molecule has 1 aliphatic heterocycles. The molecule has 5 heteroatoms. The molecule has 0 saturated carbocycles. The Morgan fingerprint density at radius 1 is 1.14 bits per heavy atom. The van der Waals surface area contributed by atoms with Crippen molar-refractivity contribution >= 4 is 11.8 Å². The standard InChI is InChI=1S/C16H20O5/c1-9-7-20-13-5-4-12(6-14(13)21-8-9)15(17)10(2)11(3)16(18)19/h4-6,9-11H,7-8H2,1-3H3,(H,18,19). The molecule has 1 aromatic carbocycles. The zero-order valence-electron chi connectivity index (χ0n) is 12.5. The van der Waals surface area contributed by atoms with Gasteiger partial charge < -0.3 is 14.6 Å². The van der Waals surface area contributed by atoms with E-state index in [4.69, 9.17) is 14.6 Å². The van der Waals surface area contributed by atoms with Crippen LogP contribution in [0.2, 0.25) is 0 Å². The Morgan fingerprint density at radius 2 is 1.76 bits per heavy atom. The molecule has 5 nitrogen and oxygen atoms in total. The lowest BCUT2D eigenvalue weighted by atomic mass is 9.88. The Morgan fingerprint density at radius 3 is 2.38 bits per heavy atom. The largest absolute Gasteiger partial charge is 0.489 e. The van der Waals surface area contributed by atoms with E-state index >= 15 is 0 Å². The lowest BCUT2D eigenvalue weighted by molar-refractivity contribution is -0.142. The first-order valence-corrected chi connectivity index (χ1v) is 7.06. The number of hydrogen-bond donors (Lipinski definition) is 1. The van der Waals surface area contributed by atoms with Crippen molar-refractivity contribution in [3.8, 4) is 11.5 Å². The van der Waals surface area contributed by atoms with Crippen molar-refractivity contribution < 1.29 is 24.2 Å². The van der Waals surface area contributed by atoms with Gasteiger partial charge in [-0.3, -0.25) is 9.59 Å². The molecule has 0 aliphatic carbocycles. The molecule has 0 bridgehead atoms. The highest BCUT2D eigenvalue weighted by Crippen LogP contribution is 2.32. The van der Waals surface area contributed by atoms with E-state index in [1.54, 1.807) is 25.1 Å². The van der Waals surface area contributed by atoms with Crippen molar-refractivity contribution in [3.05, 3.63) is 23.8 Å². The summed E-state index contributed by atoms with van der Waals surface area (Å²) < 4.78 is 11.3. The molecule has 2 rings (SSSR count). The molecule has 114 valence electrons. The van der Waals surface area contributed by atoms with Crippen molar-refractivity contribution in [1.82, 2.24) is 0 Å². The number of rotatable bonds is 4. The number of Topliss-reactive ketones (excluding diaryl/α,β-unsaturated/α-hetero) is 1. The molecule has 0 fully saturated rings. The van der Waals surface area contributed by atoms with Crippen LogP contribution in [0.25, 0.3) is 0 Å². The molecule has 0 spiro atoms. The predicted octanol–water partition coefficient (Wildman–Crippen LogP) is 2.63. The predicted molar refractivity (Wildman–Crippen MR) is 76.9 cm³/mol. The second-order valence-electron chi connectivity index (χ2n) is 5.67. The average molecular weight is 292 g/mol. The van der Waals surface area contributed by atoms with Crippen LogP contribution in [0.3, 0.4) is 0 Å². The first-order chi connectivity index (χ1) is 9.90. The minimum atomic E-state index is -0.973. The second-order valence-corrected chi connectivity index (χ2v) is 5.67. The van der Waals surface area contributed by atoms with E-state index in [1.807, 2.05) is 6.92 Å². The van der Waals surface area contributed by atoms with Crippen molar-refractivity contribution in [2.24, 2.45) is 17.8 Å². The molecule has 0 radical (unpaired) electrons. The second kappa shape index (κ2) is 6.16. The maximum Gasteiger partial charge on any atom is 0.306 e. The summed E-state index contributed by atoms with van der Waals surface area (Å²) in [6.45, 7) is 6.30. The van der Waals surface area contributed by atoms with Crippen molar-refractivity contribution in [1.29, 1.82) is 0 Å². The zero-order chi connectivity index (χ0) is 15.6. The number of benzene rings is 1. The summed E-state index contributed by atoms with van der Waals surface area (Å²) in [5.41, 5.74) is 0.451. The van der Waals surface area contributed by atoms with Crippen LogP contribution in [0.5, 0.6) is 11.5 Å². The van der Waals surface area contributed by atoms with Crippen LogP contribution in [0.1, 0.15) is 31.1 Å². The molecule has 0 aromatic heterocycles. The Kier molecular flexibility index (Phi) is 4.50. The molecule has 1 N–H and O–H groups in total. The van der Waals surface area contributed by atoms with Gasteiger partial charge in [0.1, 0.15) is 0 Å². The number of ketones is 1. The third-order valence-corrected chi connectivity index (χ3v) is 3.83. The van der Waals surface area contributed by atoms with E-state index in [0.717, 1.165) is 0 Å². The highest BCUT2D eigenvalue weighted by Gasteiger charge is 2.27. The Labute approximate surface area is 123 Å². The monoisotopic (exact) mass is 292 g/mol. The van der Waals surface area contributed by atoms with Crippen LogP contribution < -0.4 is 9.47 Å². The normalized spacial score (nSPS) is 20.2. The molecule has 21 heavy (non-hydrogen) atoms. The van der Waals surface area contributed by atoms with Crippen LogP contribution in [0, 0.1) is 17.8 Å². The van der Waals surface area contributed by atoms with Gasteiger partial charge in [0.05, 0.1) is 19.1 Å². The molecular weight excluding hydrogens is 272 g/mol. The van der Waals surface area contributed by atoms with Gasteiger partial charge in [-0.05, 0) is 18.2 Å². The van der Waals surface area contributed by atoms with Gasteiger partial charge in [0.25, 0.3) is 0 Å². The number of carboxylic acid groups (broad SMARTS) is 1. The lowest BCUT2D eigenvalue weighted by Gasteiger charge is -2.15.